The molecule has 1 saturated carbocycles. The number of aliphatic hydroxyl groups is 2. The highest BCUT2D eigenvalue weighted by molar-refractivity contribution is 5.31. The van der Waals surface area contributed by atoms with E-state index >= 15 is 0 Å². The van der Waals surface area contributed by atoms with Gasteiger partial charge in [-0.1, -0.05) is 42.7 Å². The Kier molecular flexibility index (Phi) is 3.31. The van der Waals surface area contributed by atoms with E-state index in [1.165, 1.54) is 5.56 Å². The first kappa shape index (κ1) is 11.6. The van der Waals surface area contributed by atoms with Crippen molar-refractivity contribution in [2.75, 3.05) is 6.61 Å². The average molecular weight is 220 g/mol. The summed E-state index contributed by atoms with van der Waals surface area (Å²) in [6, 6.07) is 8.18. The van der Waals surface area contributed by atoms with Crippen LogP contribution in [0, 0.1) is 6.92 Å². The number of benzene rings is 1. The standard InChI is InChI=1S/C14H20O2/c1-11-5-7-12(8-6-11)14(10-15)9-3-2-4-13(14)16/h5-8,13,15-16H,2-4,9-10H2,1H3/t13-,14-/m0/s1. The summed E-state index contributed by atoms with van der Waals surface area (Å²) in [7, 11) is 0. The van der Waals surface area contributed by atoms with Crippen LogP contribution in [0.5, 0.6) is 0 Å². The van der Waals surface area contributed by atoms with Crippen molar-refractivity contribution in [3.05, 3.63) is 35.4 Å². The van der Waals surface area contributed by atoms with Crippen LogP contribution in [0.15, 0.2) is 24.3 Å². The Bertz CT molecular complexity index is 344. The van der Waals surface area contributed by atoms with Crippen molar-refractivity contribution >= 4 is 0 Å². The molecule has 2 atom stereocenters. The lowest BCUT2D eigenvalue weighted by Gasteiger charge is -2.40. The Labute approximate surface area is 96.9 Å². The lowest BCUT2D eigenvalue weighted by molar-refractivity contribution is 0.00640. The van der Waals surface area contributed by atoms with Gasteiger partial charge < -0.3 is 10.2 Å². The van der Waals surface area contributed by atoms with E-state index in [2.05, 4.69) is 0 Å². The predicted molar refractivity (Wildman–Crippen MR) is 64.4 cm³/mol. The maximum atomic E-state index is 10.2. The van der Waals surface area contributed by atoms with Gasteiger partial charge in [0.15, 0.2) is 0 Å². The van der Waals surface area contributed by atoms with Crippen LogP contribution in [0.2, 0.25) is 0 Å². The molecule has 2 heteroatoms. The number of aryl methyl sites for hydroxylation is 1. The molecule has 2 N–H and O–H groups in total. The summed E-state index contributed by atoms with van der Waals surface area (Å²) in [5.41, 5.74) is 1.86. The number of hydrogen-bond donors (Lipinski definition) is 2. The molecule has 2 rings (SSSR count). The summed E-state index contributed by atoms with van der Waals surface area (Å²) in [6.45, 7) is 2.09. The first-order chi connectivity index (χ1) is 7.69. The van der Waals surface area contributed by atoms with Crippen molar-refractivity contribution in [3.63, 3.8) is 0 Å². The van der Waals surface area contributed by atoms with Crippen molar-refractivity contribution in [1.82, 2.24) is 0 Å². The van der Waals surface area contributed by atoms with Crippen molar-refractivity contribution in [2.24, 2.45) is 0 Å². The molecule has 0 aromatic heterocycles. The van der Waals surface area contributed by atoms with Gasteiger partial charge in [-0.15, -0.1) is 0 Å². The summed E-state index contributed by atoms with van der Waals surface area (Å²) >= 11 is 0. The molecular weight excluding hydrogens is 200 g/mol. The number of aliphatic hydroxyl groups excluding tert-OH is 2. The van der Waals surface area contributed by atoms with Crippen molar-refractivity contribution < 1.29 is 10.2 Å². The van der Waals surface area contributed by atoms with Crippen LogP contribution in [0.1, 0.15) is 36.8 Å². The van der Waals surface area contributed by atoms with E-state index in [9.17, 15) is 10.2 Å². The second-order valence-electron chi connectivity index (χ2n) is 4.94. The van der Waals surface area contributed by atoms with Gasteiger partial charge in [-0.05, 0) is 25.3 Å². The Morgan fingerprint density at radius 3 is 2.50 bits per heavy atom. The zero-order valence-corrected chi connectivity index (χ0v) is 9.82. The molecule has 0 aliphatic heterocycles. The van der Waals surface area contributed by atoms with E-state index < -0.39 is 11.5 Å². The molecule has 0 bridgehead atoms. The van der Waals surface area contributed by atoms with E-state index in [4.69, 9.17) is 0 Å². The summed E-state index contributed by atoms with van der Waals surface area (Å²) in [6.07, 6.45) is 3.43. The second kappa shape index (κ2) is 4.56. The topological polar surface area (TPSA) is 40.5 Å². The third-order valence-corrected chi connectivity index (χ3v) is 3.90. The van der Waals surface area contributed by atoms with Gasteiger partial charge in [0.1, 0.15) is 0 Å². The van der Waals surface area contributed by atoms with Crippen LogP contribution in [-0.4, -0.2) is 22.9 Å². The smallest absolute Gasteiger partial charge is 0.0658 e. The van der Waals surface area contributed by atoms with Crippen LogP contribution in [0.3, 0.4) is 0 Å². The van der Waals surface area contributed by atoms with E-state index in [0.717, 1.165) is 31.2 Å². The fraction of sp³-hybridized carbons (Fsp3) is 0.571. The summed E-state index contributed by atoms with van der Waals surface area (Å²) < 4.78 is 0. The Morgan fingerprint density at radius 2 is 1.94 bits per heavy atom. The molecule has 0 saturated heterocycles. The Balaban J connectivity index is 2.36. The monoisotopic (exact) mass is 220 g/mol. The largest absolute Gasteiger partial charge is 0.395 e. The van der Waals surface area contributed by atoms with Crippen molar-refractivity contribution in [3.8, 4) is 0 Å². The van der Waals surface area contributed by atoms with Crippen LogP contribution in [-0.2, 0) is 5.41 Å². The molecule has 0 unspecified atom stereocenters. The summed E-state index contributed by atoms with van der Waals surface area (Å²) in [4.78, 5) is 0. The van der Waals surface area contributed by atoms with Crippen LogP contribution < -0.4 is 0 Å². The molecule has 1 aromatic carbocycles. The molecule has 0 heterocycles. The van der Waals surface area contributed by atoms with Gasteiger partial charge in [0.25, 0.3) is 0 Å². The van der Waals surface area contributed by atoms with E-state index in [-0.39, 0.29) is 6.61 Å². The highest BCUT2D eigenvalue weighted by Gasteiger charge is 2.40. The Morgan fingerprint density at radius 1 is 1.25 bits per heavy atom. The number of rotatable bonds is 2. The second-order valence-corrected chi connectivity index (χ2v) is 4.94. The molecule has 1 aliphatic carbocycles. The third-order valence-electron chi connectivity index (χ3n) is 3.90. The predicted octanol–water partition coefficient (Wildman–Crippen LogP) is 2.16. The zero-order chi connectivity index (χ0) is 11.6. The maximum Gasteiger partial charge on any atom is 0.0658 e. The minimum atomic E-state index is -0.425. The molecule has 0 radical (unpaired) electrons. The van der Waals surface area contributed by atoms with Crippen LogP contribution in [0.4, 0.5) is 0 Å². The molecule has 16 heavy (non-hydrogen) atoms. The molecule has 0 amide bonds. The first-order valence-electron chi connectivity index (χ1n) is 6.05. The SMILES string of the molecule is Cc1ccc([C@@]2(CO)CCCC[C@@H]2O)cc1. The van der Waals surface area contributed by atoms with E-state index in [0.29, 0.717) is 0 Å². The van der Waals surface area contributed by atoms with Gasteiger partial charge in [-0.3, -0.25) is 0 Å². The number of hydrogen-bond acceptors (Lipinski definition) is 2. The van der Waals surface area contributed by atoms with E-state index in [1.807, 2.05) is 31.2 Å². The molecular formula is C14H20O2. The van der Waals surface area contributed by atoms with Gasteiger partial charge in [0.2, 0.25) is 0 Å². The summed E-state index contributed by atoms with van der Waals surface area (Å²) in [5, 5.41) is 19.9. The van der Waals surface area contributed by atoms with Gasteiger partial charge in [0, 0.05) is 5.41 Å². The van der Waals surface area contributed by atoms with Gasteiger partial charge in [-0.2, -0.15) is 0 Å². The fourth-order valence-corrected chi connectivity index (χ4v) is 2.72. The van der Waals surface area contributed by atoms with Gasteiger partial charge in [0.05, 0.1) is 12.7 Å². The van der Waals surface area contributed by atoms with Crippen LogP contribution >= 0.6 is 0 Å². The molecule has 88 valence electrons. The molecule has 2 nitrogen and oxygen atoms in total. The molecule has 1 aliphatic rings. The lowest BCUT2D eigenvalue weighted by atomic mass is 9.68. The molecule has 0 spiro atoms. The molecule has 1 fully saturated rings. The maximum absolute atomic E-state index is 10.2. The quantitative estimate of drug-likeness (QED) is 0.802. The zero-order valence-electron chi connectivity index (χ0n) is 9.82. The van der Waals surface area contributed by atoms with Crippen LogP contribution in [0.25, 0.3) is 0 Å². The average Bonchev–Trinajstić information content (AvgIpc) is 2.31. The lowest BCUT2D eigenvalue weighted by Crippen LogP contribution is -2.45. The van der Waals surface area contributed by atoms with Gasteiger partial charge >= 0.3 is 0 Å². The fourth-order valence-electron chi connectivity index (χ4n) is 2.72. The van der Waals surface area contributed by atoms with Gasteiger partial charge in [-0.25, -0.2) is 0 Å². The van der Waals surface area contributed by atoms with Crippen molar-refractivity contribution in [1.29, 1.82) is 0 Å². The minimum Gasteiger partial charge on any atom is -0.395 e. The van der Waals surface area contributed by atoms with Crippen molar-refractivity contribution in [2.45, 2.75) is 44.1 Å². The minimum absolute atomic E-state index is 0.0389. The highest BCUT2D eigenvalue weighted by Crippen LogP contribution is 2.39. The highest BCUT2D eigenvalue weighted by atomic mass is 16.3. The third kappa shape index (κ3) is 1.87. The summed E-state index contributed by atoms with van der Waals surface area (Å²) in [5.74, 6) is 0. The first-order valence-corrected chi connectivity index (χ1v) is 6.05. The normalized spacial score (nSPS) is 30.3. The Hall–Kier alpha value is -0.860. The molecule has 1 aromatic rings. The van der Waals surface area contributed by atoms with E-state index in [1.54, 1.807) is 0 Å².